The number of halogens is 1. The van der Waals surface area contributed by atoms with Crippen molar-refractivity contribution in [1.29, 1.82) is 0 Å². The van der Waals surface area contributed by atoms with Gasteiger partial charge in [0.2, 0.25) is 11.8 Å². The minimum absolute atomic E-state index is 0.0549. The molecule has 7 heteroatoms. The van der Waals surface area contributed by atoms with Gasteiger partial charge in [0.05, 0.1) is 5.71 Å². The van der Waals surface area contributed by atoms with Gasteiger partial charge in [0.1, 0.15) is 23.9 Å². The third kappa shape index (κ3) is 3.84. The van der Waals surface area contributed by atoms with E-state index in [1.807, 2.05) is 31.2 Å². The number of hydrogen-bond acceptors (Lipinski definition) is 4. The van der Waals surface area contributed by atoms with Gasteiger partial charge in [-0.3, -0.25) is 19.5 Å². The molecule has 1 aliphatic heterocycles. The second kappa shape index (κ2) is 8.31. The number of thiophene rings is 1. The second-order valence-electron chi connectivity index (χ2n) is 8.10. The van der Waals surface area contributed by atoms with Crippen molar-refractivity contribution in [1.82, 2.24) is 0 Å². The highest BCUT2D eigenvalue weighted by Gasteiger charge is 2.33. The zero-order valence-electron chi connectivity index (χ0n) is 17.7. The molecule has 2 aliphatic rings. The first-order chi connectivity index (χ1) is 15.5. The fraction of sp³-hybridized carbons (Fsp3) is 0.240. The van der Waals surface area contributed by atoms with Crippen LogP contribution in [0.15, 0.2) is 53.5 Å². The molecule has 5 rings (SSSR count). The summed E-state index contributed by atoms with van der Waals surface area (Å²) in [6, 6.07) is 13.8. The Morgan fingerprint density at radius 1 is 1.12 bits per heavy atom. The van der Waals surface area contributed by atoms with Gasteiger partial charge in [-0.05, 0) is 68.1 Å². The summed E-state index contributed by atoms with van der Waals surface area (Å²) in [7, 11) is 0. The summed E-state index contributed by atoms with van der Waals surface area (Å²) in [4.78, 5) is 33.3. The quantitative estimate of drug-likeness (QED) is 0.640. The third-order valence-electron chi connectivity index (χ3n) is 5.81. The molecule has 2 heterocycles. The second-order valence-corrected chi connectivity index (χ2v) is 9.19. The number of nitrogens with one attached hydrogen (secondary N) is 1. The maximum atomic E-state index is 13.5. The number of anilines is 2. The number of fused-ring (bicyclic) bond motifs is 3. The minimum atomic E-state index is -0.316. The molecular formula is C25H22FN3O2S. The van der Waals surface area contributed by atoms with Crippen molar-refractivity contribution in [3.8, 4) is 0 Å². The van der Waals surface area contributed by atoms with Crippen LogP contribution in [0.2, 0.25) is 0 Å². The first-order valence-corrected chi connectivity index (χ1v) is 11.4. The molecule has 1 N–H and O–H groups in total. The van der Waals surface area contributed by atoms with Gasteiger partial charge in [0.15, 0.2) is 0 Å². The molecule has 2 aromatic carbocycles. The lowest BCUT2D eigenvalue weighted by atomic mass is 9.99. The Morgan fingerprint density at radius 2 is 1.88 bits per heavy atom. The van der Waals surface area contributed by atoms with Crippen molar-refractivity contribution in [2.45, 2.75) is 26.2 Å². The van der Waals surface area contributed by atoms with Crippen LogP contribution < -0.4 is 10.2 Å². The highest BCUT2D eigenvalue weighted by molar-refractivity contribution is 7.17. The number of rotatable bonds is 4. The van der Waals surface area contributed by atoms with Crippen LogP contribution in [-0.2, 0) is 22.4 Å². The maximum absolute atomic E-state index is 13.5. The van der Waals surface area contributed by atoms with Crippen molar-refractivity contribution in [3.63, 3.8) is 0 Å². The van der Waals surface area contributed by atoms with E-state index >= 15 is 0 Å². The Bertz CT molecular complexity index is 1230. The number of aryl methyl sites for hydroxylation is 2. The van der Waals surface area contributed by atoms with Crippen LogP contribution in [0.1, 0.15) is 33.6 Å². The van der Waals surface area contributed by atoms with Crippen molar-refractivity contribution >= 4 is 39.6 Å². The van der Waals surface area contributed by atoms with Gasteiger partial charge in [-0.2, -0.15) is 0 Å². The summed E-state index contributed by atoms with van der Waals surface area (Å²) in [5.74, 6) is -0.793. The van der Waals surface area contributed by atoms with Crippen LogP contribution in [0, 0.1) is 12.7 Å². The molecule has 0 fully saturated rings. The van der Waals surface area contributed by atoms with Gasteiger partial charge in [-0.25, -0.2) is 4.39 Å². The van der Waals surface area contributed by atoms with Crippen LogP contribution in [0.5, 0.6) is 0 Å². The molecule has 0 radical (unpaired) electrons. The molecule has 1 aromatic heterocycles. The highest BCUT2D eigenvalue weighted by Crippen LogP contribution is 2.43. The van der Waals surface area contributed by atoms with Crippen LogP contribution in [0.4, 0.5) is 15.1 Å². The number of carbonyl (C=O) groups excluding carboxylic acids is 2. The van der Waals surface area contributed by atoms with E-state index in [9.17, 15) is 14.0 Å². The van der Waals surface area contributed by atoms with Gasteiger partial charge in [-0.1, -0.05) is 17.7 Å². The Kier molecular flexibility index (Phi) is 5.35. The molecule has 0 spiro atoms. The topological polar surface area (TPSA) is 61.8 Å². The smallest absolute Gasteiger partial charge is 0.249 e. The van der Waals surface area contributed by atoms with Gasteiger partial charge < -0.3 is 5.32 Å². The van der Waals surface area contributed by atoms with Crippen molar-refractivity contribution < 1.29 is 14.0 Å². The summed E-state index contributed by atoms with van der Waals surface area (Å²) in [6.45, 7) is 1.85. The van der Waals surface area contributed by atoms with Crippen molar-refractivity contribution in [2.24, 2.45) is 4.99 Å². The van der Waals surface area contributed by atoms with E-state index in [-0.39, 0.29) is 30.7 Å². The average Bonchev–Trinajstić information content (AvgIpc) is 3.34. The van der Waals surface area contributed by atoms with Crippen LogP contribution in [-0.4, -0.2) is 30.6 Å². The molecule has 162 valence electrons. The normalized spacial score (nSPS) is 15.1. The lowest BCUT2D eigenvalue weighted by Crippen LogP contribution is -2.38. The number of hydrogen-bond donors (Lipinski definition) is 1. The Morgan fingerprint density at radius 3 is 2.62 bits per heavy atom. The molecule has 0 bridgehead atoms. The largest absolute Gasteiger partial charge is 0.325 e. The molecule has 32 heavy (non-hydrogen) atoms. The molecule has 3 aromatic rings. The lowest BCUT2D eigenvalue weighted by Gasteiger charge is -2.20. The Hall–Kier alpha value is -3.32. The predicted molar refractivity (Wildman–Crippen MR) is 125 cm³/mol. The van der Waals surface area contributed by atoms with Crippen LogP contribution in [0.25, 0.3) is 0 Å². The first-order valence-electron chi connectivity index (χ1n) is 10.6. The molecule has 1 aliphatic carbocycles. The summed E-state index contributed by atoms with van der Waals surface area (Å²) in [6.07, 6.45) is 2.94. The minimum Gasteiger partial charge on any atom is -0.325 e. The Balaban J connectivity index is 1.50. The number of nitrogens with zero attached hydrogens (tertiary/aromatic N) is 2. The fourth-order valence-electron chi connectivity index (χ4n) is 4.23. The zero-order valence-corrected chi connectivity index (χ0v) is 18.5. The summed E-state index contributed by atoms with van der Waals surface area (Å²) in [5, 5.41) is 3.64. The molecule has 0 saturated heterocycles. The molecule has 2 amide bonds. The monoisotopic (exact) mass is 447 g/mol. The zero-order chi connectivity index (χ0) is 22.2. The summed E-state index contributed by atoms with van der Waals surface area (Å²) >= 11 is 1.57. The number of aliphatic imine (C=N–C) groups is 1. The molecule has 0 atom stereocenters. The van der Waals surface area contributed by atoms with Gasteiger partial charge >= 0.3 is 0 Å². The standard InChI is InChI=1S/C25H22FN3O2S/c1-15-5-11-18(12-6-15)28-21(30)14-29-22(31)13-27-24(16-7-9-17(26)10-8-16)23-19-3-2-4-20(19)32-25(23)29/h5-12H,2-4,13-14H2,1H3,(H,28,30). The molecule has 0 unspecified atom stereocenters. The highest BCUT2D eigenvalue weighted by atomic mass is 32.1. The van der Waals surface area contributed by atoms with E-state index in [1.54, 1.807) is 28.4 Å². The predicted octanol–water partition coefficient (Wildman–Crippen LogP) is 4.51. The van der Waals surface area contributed by atoms with E-state index in [0.717, 1.165) is 41.0 Å². The molecule has 0 saturated carbocycles. The SMILES string of the molecule is Cc1ccc(NC(=O)CN2C(=O)CN=C(c3ccc(F)cc3)c3c2sc2c3CCC2)cc1. The van der Waals surface area contributed by atoms with Gasteiger partial charge in [-0.15, -0.1) is 11.3 Å². The molecule has 5 nitrogen and oxygen atoms in total. The summed E-state index contributed by atoms with van der Waals surface area (Å²) < 4.78 is 13.5. The van der Waals surface area contributed by atoms with E-state index in [2.05, 4.69) is 10.3 Å². The number of benzene rings is 2. The van der Waals surface area contributed by atoms with E-state index in [4.69, 9.17) is 0 Å². The van der Waals surface area contributed by atoms with Crippen molar-refractivity contribution in [2.75, 3.05) is 23.3 Å². The fourth-order valence-corrected chi connectivity index (χ4v) is 5.64. The van der Waals surface area contributed by atoms with E-state index in [1.165, 1.54) is 22.6 Å². The third-order valence-corrected chi connectivity index (χ3v) is 7.13. The van der Waals surface area contributed by atoms with E-state index in [0.29, 0.717) is 11.4 Å². The Labute approximate surface area is 189 Å². The van der Waals surface area contributed by atoms with Crippen LogP contribution >= 0.6 is 11.3 Å². The van der Waals surface area contributed by atoms with Gasteiger partial charge in [0, 0.05) is 21.7 Å². The molecular weight excluding hydrogens is 425 g/mol. The van der Waals surface area contributed by atoms with E-state index < -0.39 is 0 Å². The number of carbonyl (C=O) groups is 2. The van der Waals surface area contributed by atoms with Crippen LogP contribution in [0.3, 0.4) is 0 Å². The average molecular weight is 448 g/mol. The maximum Gasteiger partial charge on any atom is 0.249 e. The first kappa shape index (κ1) is 20.6. The number of amides is 2. The van der Waals surface area contributed by atoms with Crippen molar-refractivity contribution in [3.05, 3.63) is 81.5 Å². The lowest BCUT2D eigenvalue weighted by molar-refractivity contribution is -0.120. The summed E-state index contributed by atoms with van der Waals surface area (Å²) in [5.41, 5.74) is 5.40. The van der Waals surface area contributed by atoms with Gasteiger partial charge in [0.25, 0.3) is 0 Å².